The molecule has 0 aliphatic carbocycles. The molecule has 0 spiro atoms. The van der Waals surface area contributed by atoms with Gasteiger partial charge in [-0.1, -0.05) is 54.1 Å². The van der Waals surface area contributed by atoms with Gasteiger partial charge in [0.1, 0.15) is 0 Å². The number of methoxy groups -OCH3 is 1. The van der Waals surface area contributed by atoms with Crippen LogP contribution in [-0.4, -0.2) is 12.2 Å². The van der Waals surface area contributed by atoms with Crippen molar-refractivity contribution in [1.82, 2.24) is 0 Å². The van der Waals surface area contributed by atoms with Crippen LogP contribution in [0.25, 0.3) is 0 Å². The third-order valence-electron chi connectivity index (χ3n) is 3.26. The molecule has 2 nitrogen and oxygen atoms in total. The third kappa shape index (κ3) is 3.66. The van der Waals surface area contributed by atoms with Gasteiger partial charge in [0.15, 0.2) is 0 Å². The molecule has 100 valence electrons. The van der Waals surface area contributed by atoms with E-state index < -0.39 is 6.10 Å². The lowest BCUT2D eigenvalue weighted by Crippen LogP contribution is -2.06. The van der Waals surface area contributed by atoms with Crippen molar-refractivity contribution in [3.63, 3.8) is 0 Å². The number of aliphatic hydroxyl groups excluding tert-OH is 1. The topological polar surface area (TPSA) is 29.5 Å². The molecule has 2 rings (SSSR count). The molecule has 0 fully saturated rings. The van der Waals surface area contributed by atoms with Crippen LogP contribution in [0.5, 0.6) is 0 Å². The molecule has 2 heteroatoms. The van der Waals surface area contributed by atoms with Crippen LogP contribution in [0, 0.1) is 6.92 Å². The Morgan fingerprint density at radius 3 is 2.42 bits per heavy atom. The SMILES string of the molecule is COCc1ccccc1C(O)Cc1ccc(C)cc1. The fourth-order valence-electron chi connectivity index (χ4n) is 2.20. The number of hydrogen-bond donors (Lipinski definition) is 1. The van der Waals surface area contributed by atoms with E-state index in [1.807, 2.05) is 24.3 Å². The molecule has 0 amide bonds. The smallest absolute Gasteiger partial charge is 0.0833 e. The van der Waals surface area contributed by atoms with Crippen LogP contribution in [-0.2, 0) is 17.8 Å². The molecule has 0 aromatic heterocycles. The van der Waals surface area contributed by atoms with Crippen molar-refractivity contribution < 1.29 is 9.84 Å². The summed E-state index contributed by atoms with van der Waals surface area (Å²) in [5.41, 5.74) is 4.37. The molecule has 0 radical (unpaired) electrons. The average molecular weight is 256 g/mol. The predicted molar refractivity (Wildman–Crippen MR) is 77.0 cm³/mol. The first-order chi connectivity index (χ1) is 9.20. The van der Waals surface area contributed by atoms with E-state index in [9.17, 15) is 5.11 Å². The maximum Gasteiger partial charge on any atom is 0.0833 e. The zero-order chi connectivity index (χ0) is 13.7. The molecule has 0 aliphatic heterocycles. The number of aliphatic hydroxyl groups is 1. The van der Waals surface area contributed by atoms with Crippen LogP contribution in [0.1, 0.15) is 28.4 Å². The van der Waals surface area contributed by atoms with E-state index in [1.54, 1.807) is 7.11 Å². The highest BCUT2D eigenvalue weighted by atomic mass is 16.5. The quantitative estimate of drug-likeness (QED) is 0.888. The Morgan fingerprint density at radius 2 is 1.74 bits per heavy atom. The maximum atomic E-state index is 10.4. The molecule has 1 atom stereocenters. The lowest BCUT2D eigenvalue weighted by Gasteiger charge is -2.15. The molecule has 2 aromatic rings. The van der Waals surface area contributed by atoms with Gasteiger partial charge in [0.05, 0.1) is 12.7 Å². The summed E-state index contributed by atoms with van der Waals surface area (Å²) in [4.78, 5) is 0. The number of benzene rings is 2. The Balaban J connectivity index is 2.15. The van der Waals surface area contributed by atoms with Gasteiger partial charge >= 0.3 is 0 Å². The van der Waals surface area contributed by atoms with E-state index in [0.717, 1.165) is 16.7 Å². The number of hydrogen-bond acceptors (Lipinski definition) is 2. The van der Waals surface area contributed by atoms with E-state index in [2.05, 4.69) is 31.2 Å². The minimum atomic E-state index is -0.492. The average Bonchev–Trinajstić information content (AvgIpc) is 2.42. The highest BCUT2D eigenvalue weighted by Gasteiger charge is 2.12. The highest BCUT2D eigenvalue weighted by Crippen LogP contribution is 2.22. The second kappa shape index (κ2) is 6.50. The van der Waals surface area contributed by atoms with Crippen LogP contribution in [0.2, 0.25) is 0 Å². The summed E-state index contributed by atoms with van der Waals surface area (Å²) in [6, 6.07) is 16.2. The van der Waals surface area contributed by atoms with Gasteiger partial charge in [-0.2, -0.15) is 0 Å². The van der Waals surface area contributed by atoms with Gasteiger partial charge in [-0.3, -0.25) is 0 Å². The second-order valence-corrected chi connectivity index (χ2v) is 4.84. The predicted octanol–water partition coefficient (Wildman–Crippen LogP) is 3.42. The van der Waals surface area contributed by atoms with Gasteiger partial charge in [0, 0.05) is 13.5 Å². The fourth-order valence-corrected chi connectivity index (χ4v) is 2.20. The Bertz CT molecular complexity index is 517. The lowest BCUT2D eigenvalue weighted by molar-refractivity contribution is 0.161. The monoisotopic (exact) mass is 256 g/mol. The summed E-state index contributed by atoms with van der Waals surface area (Å²) >= 11 is 0. The summed E-state index contributed by atoms with van der Waals surface area (Å²) in [5.74, 6) is 0. The zero-order valence-electron chi connectivity index (χ0n) is 11.5. The summed E-state index contributed by atoms with van der Waals surface area (Å²) in [6.07, 6.45) is 0.134. The van der Waals surface area contributed by atoms with E-state index in [0.29, 0.717) is 13.0 Å². The molecule has 1 N–H and O–H groups in total. The summed E-state index contributed by atoms with van der Waals surface area (Å²) in [6.45, 7) is 2.59. The van der Waals surface area contributed by atoms with Crippen molar-refractivity contribution in [2.45, 2.75) is 26.1 Å². The van der Waals surface area contributed by atoms with E-state index >= 15 is 0 Å². The third-order valence-corrected chi connectivity index (χ3v) is 3.26. The van der Waals surface area contributed by atoms with Crippen LogP contribution >= 0.6 is 0 Å². The Morgan fingerprint density at radius 1 is 1.05 bits per heavy atom. The Hall–Kier alpha value is -1.64. The molecular formula is C17H20O2. The minimum absolute atomic E-state index is 0.492. The summed E-state index contributed by atoms with van der Waals surface area (Å²) in [5, 5.41) is 10.4. The molecule has 0 heterocycles. The van der Waals surface area contributed by atoms with Crippen molar-refractivity contribution >= 4 is 0 Å². The summed E-state index contributed by atoms with van der Waals surface area (Å²) in [7, 11) is 1.67. The van der Waals surface area contributed by atoms with Crippen molar-refractivity contribution in [3.8, 4) is 0 Å². The van der Waals surface area contributed by atoms with E-state index in [4.69, 9.17) is 4.74 Å². The zero-order valence-corrected chi connectivity index (χ0v) is 11.5. The second-order valence-electron chi connectivity index (χ2n) is 4.84. The molecule has 2 aromatic carbocycles. The van der Waals surface area contributed by atoms with Crippen LogP contribution in [0.4, 0.5) is 0 Å². The van der Waals surface area contributed by atoms with E-state index in [-0.39, 0.29) is 0 Å². The first-order valence-electron chi connectivity index (χ1n) is 6.51. The summed E-state index contributed by atoms with van der Waals surface area (Å²) < 4.78 is 5.17. The van der Waals surface area contributed by atoms with Gasteiger partial charge in [-0.15, -0.1) is 0 Å². The van der Waals surface area contributed by atoms with Crippen molar-refractivity contribution in [3.05, 3.63) is 70.8 Å². The molecule has 19 heavy (non-hydrogen) atoms. The van der Waals surface area contributed by atoms with Crippen LogP contribution in [0.3, 0.4) is 0 Å². The standard InChI is InChI=1S/C17H20O2/c1-13-7-9-14(10-8-13)11-17(18)16-6-4-3-5-15(16)12-19-2/h3-10,17-18H,11-12H2,1-2H3. The normalized spacial score (nSPS) is 12.4. The van der Waals surface area contributed by atoms with Crippen molar-refractivity contribution in [2.24, 2.45) is 0 Å². The van der Waals surface area contributed by atoms with Gasteiger partial charge in [-0.05, 0) is 23.6 Å². The number of rotatable bonds is 5. The van der Waals surface area contributed by atoms with Crippen molar-refractivity contribution in [1.29, 1.82) is 0 Å². The molecular weight excluding hydrogens is 236 g/mol. The molecule has 1 unspecified atom stereocenters. The van der Waals surface area contributed by atoms with Gasteiger partial charge in [0.25, 0.3) is 0 Å². The Kier molecular flexibility index (Phi) is 4.72. The first kappa shape index (κ1) is 13.8. The van der Waals surface area contributed by atoms with Gasteiger partial charge in [-0.25, -0.2) is 0 Å². The molecule has 0 saturated carbocycles. The van der Waals surface area contributed by atoms with Crippen LogP contribution in [0.15, 0.2) is 48.5 Å². The highest BCUT2D eigenvalue weighted by molar-refractivity contribution is 5.31. The fraction of sp³-hybridized carbons (Fsp3) is 0.294. The number of aryl methyl sites for hydroxylation is 1. The van der Waals surface area contributed by atoms with Gasteiger partial charge < -0.3 is 9.84 Å². The largest absolute Gasteiger partial charge is 0.388 e. The Labute approximate surface area is 114 Å². The lowest BCUT2D eigenvalue weighted by atomic mass is 9.97. The molecule has 0 aliphatic rings. The molecule has 0 bridgehead atoms. The molecule has 0 saturated heterocycles. The first-order valence-corrected chi connectivity index (χ1v) is 6.51. The van der Waals surface area contributed by atoms with E-state index in [1.165, 1.54) is 5.56 Å². The maximum absolute atomic E-state index is 10.4. The van der Waals surface area contributed by atoms with Crippen LogP contribution < -0.4 is 0 Å². The minimum Gasteiger partial charge on any atom is -0.388 e. The van der Waals surface area contributed by atoms with Gasteiger partial charge in [0.2, 0.25) is 0 Å². The van der Waals surface area contributed by atoms with Crippen molar-refractivity contribution in [2.75, 3.05) is 7.11 Å². The number of ether oxygens (including phenoxy) is 1.